The molecule has 10 heteroatoms. The molecule has 0 bridgehead atoms. The van der Waals surface area contributed by atoms with Crippen LogP contribution in [0.15, 0.2) is 54.7 Å². The molecule has 1 fully saturated rings. The number of hydrogen-bond acceptors (Lipinski definition) is 7. The first-order valence-electron chi connectivity index (χ1n) is 15.3. The number of aromatic nitrogens is 2. The molecule has 3 heterocycles. The number of aryl methyl sites for hydroxylation is 1. The van der Waals surface area contributed by atoms with Gasteiger partial charge in [-0.1, -0.05) is 44.2 Å². The van der Waals surface area contributed by atoms with Crippen molar-refractivity contribution < 1.29 is 23.5 Å². The molecule has 2 amide bonds. The SMILES string of the molecule is CCOc1cccc(-c2ccc(CNC(=O)[C@H]3CN([C@H](CCOC)c4nccc(C)c4F)C[C@@H](C)N3C(=O)C(C)C)cc2)n1. The Balaban J connectivity index is 1.54. The van der Waals surface area contributed by atoms with E-state index in [0.29, 0.717) is 49.9 Å². The number of nitrogens with one attached hydrogen (secondary N) is 1. The Hall–Kier alpha value is -3.89. The van der Waals surface area contributed by atoms with Crippen LogP contribution in [0.4, 0.5) is 4.39 Å². The van der Waals surface area contributed by atoms with Crippen molar-refractivity contribution in [2.45, 2.75) is 65.7 Å². The number of nitrogens with zero attached hydrogens (tertiary/aromatic N) is 4. The molecular formula is C34H44FN5O4. The summed E-state index contributed by atoms with van der Waals surface area (Å²) in [6.45, 7) is 11.2. The van der Waals surface area contributed by atoms with Crippen LogP contribution in [0, 0.1) is 18.7 Å². The van der Waals surface area contributed by atoms with Crippen LogP contribution in [-0.2, 0) is 20.9 Å². The molecule has 0 aliphatic carbocycles. The number of piperazine rings is 1. The zero-order valence-corrected chi connectivity index (χ0v) is 26.5. The molecular weight excluding hydrogens is 561 g/mol. The lowest BCUT2D eigenvalue weighted by Gasteiger charge is -2.47. The van der Waals surface area contributed by atoms with Gasteiger partial charge in [0.15, 0.2) is 0 Å². The second-order valence-electron chi connectivity index (χ2n) is 11.6. The lowest BCUT2D eigenvalue weighted by Crippen LogP contribution is -2.65. The van der Waals surface area contributed by atoms with E-state index in [0.717, 1.165) is 16.8 Å². The number of carbonyl (C=O) groups is 2. The zero-order chi connectivity index (χ0) is 31.8. The van der Waals surface area contributed by atoms with Crippen molar-refractivity contribution >= 4 is 11.8 Å². The van der Waals surface area contributed by atoms with Crippen LogP contribution in [0.25, 0.3) is 11.3 Å². The van der Waals surface area contributed by atoms with E-state index in [4.69, 9.17) is 9.47 Å². The van der Waals surface area contributed by atoms with E-state index in [1.807, 2.05) is 70.2 Å². The predicted octanol–water partition coefficient (Wildman–Crippen LogP) is 4.94. The first-order chi connectivity index (χ1) is 21.1. The summed E-state index contributed by atoms with van der Waals surface area (Å²) in [7, 11) is 1.61. The third-order valence-corrected chi connectivity index (χ3v) is 7.96. The van der Waals surface area contributed by atoms with Gasteiger partial charge in [0.1, 0.15) is 11.9 Å². The molecule has 4 rings (SSSR count). The molecule has 44 heavy (non-hydrogen) atoms. The van der Waals surface area contributed by atoms with E-state index < -0.39 is 12.1 Å². The molecule has 1 aromatic carbocycles. The van der Waals surface area contributed by atoms with Gasteiger partial charge in [0.2, 0.25) is 17.7 Å². The second kappa shape index (κ2) is 15.2. The number of methoxy groups -OCH3 is 1. The summed E-state index contributed by atoms with van der Waals surface area (Å²) in [6.07, 6.45) is 2.11. The van der Waals surface area contributed by atoms with E-state index >= 15 is 4.39 Å². The van der Waals surface area contributed by atoms with Crippen LogP contribution in [0.5, 0.6) is 5.88 Å². The minimum Gasteiger partial charge on any atom is -0.478 e. The molecule has 1 aliphatic heterocycles. The molecule has 0 saturated carbocycles. The zero-order valence-electron chi connectivity index (χ0n) is 26.5. The van der Waals surface area contributed by atoms with Gasteiger partial charge in [-0.2, -0.15) is 0 Å². The third-order valence-electron chi connectivity index (χ3n) is 7.96. The van der Waals surface area contributed by atoms with E-state index in [-0.39, 0.29) is 36.1 Å². The Morgan fingerprint density at radius 2 is 1.86 bits per heavy atom. The Labute approximate surface area is 259 Å². The summed E-state index contributed by atoms with van der Waals surface area (Å²) in [5, 5.41) is 3.05. The van der Waals surface area contributed by atoms with Gasteiger partial charge < -0.3 is 19.7 Å². The largest absolute Gasteiger partial charge is 0.478 e. The van der Waals surface area contributed by atoms with Gasteiger partial charge in [-0.25, -0.2) is 9.37 Å². The molecule has 236 valence electrons. The maximum atomic E-state index is 15.3. The number of carbonyl (C=O) groups excluding carboxylic acids is 2. The highest BCUT2D eigenvalue weighted by Gasteiger charge is 2.42. The fraction of sp³-hybridized carbons (Fsp3) is 0.471. The first kappa shape index (κ1) is 33.0. The van der Waals surface area contributed by atoms with Crippen molar-refractivity contribution in [3.05, 3.63) is 77.4 Å². The topological polar surface area (TPSA) is 96.9 Å². The number of rotatable bonds is 12. The number of amides is 2. The van der Waals surface area contributed by atoms with Crippen molar-refractivity contribution in [2.75, 3.05) is 33.4 Å². The fourth-order valence-corrected chi connectivity index (χ4v) is 5.67. The highest BCUT2D eigenvalue weighted by molar-refractivity contribution is 5.89. The van der Waals surface area contributed by atoms with E-state index in [1.165, 1.54) is 0 Å². The summed E-state index contributed by atoms with van der Waals surface area (Å²) in [4.78, 5) is 39.9. The quantitative estimate of drug-likeness (QED) is 0.312. The maximum Gasteiger partial charge on any atom is 0.244 e. The molecule has 2 aromatic heterocycles. The van der Waals surface area contributed by atoms with Crippen LogP contribution >= 0.6 is 0 Å². The third kappa shape index (κ3) is 7.78. The molecule has 0 radical (unpaired) electrons. The van der Waals surface area contributed by atoms with E-state index in [1.54, 1.807) is 31.2 Å². The summed E-state index contributed by atoms with van der Waals surface area (Å²) >= 11 is 0. The van der Waals surface area contributed by atoms with Gasteiger partial charge in [-0.3, -0.25) is 19.5 Å². The number of halogens is 1. The smallest absolute Gasteiger partial charge is 0.244 e. The normalized spacial score (nSPS) is 17.9. The van der Waals surface area contributed by atoms with E-state index in [9.17, 15) is 9.59 Å². The molecule has 1 saturated heterocycles. The molecule has 3 atom stereocenters. The minimum absolute atomic E-state index is 0.0864. The number of pyridine rings is 2. The van der Waals surface area contributed by atoms with Crippen LogP contribution in [0.1, 0.15) is 57.0 Å². The van der Waals surface area contributed by atoms with E-state index in [2.05, 4.69) is 20.2 Å². The average molecular weight is 606 g/mol. The van der Waals surface area contributed by atoms with Gasteiger partial charge in [0, 0.05) is 63.1 Å². The average Bonchev–Trinajstić information content (AvgIpc) is 3.02. The molecule has 3 aromatic rings. The van der Waals surface area contributed by atoms with Gasteiger partial charge in [0.25, 0.3) is 0 Å². The Morgan fingerprint density at radius 3 is 2.55 bits per heavy atom. The Kier molecular flexibility index (Phi) is 11.4. The van der Waals surface area contributed by atoms with Crippen molar-refractivity contribution in [2.24, 2.45) is 5.92 Å². The van der Waals surface area contributed by atoms with Crippen molar-refractivity contribution in [1.82, 2.24) is 25.1 Å². The van der Waals surface area contributed by atoms with Crippen LogP contribution < -0.4 is 10.1 Å². The summed E-state index contributed by atoms with van der Waals surface area (Å²) < 4.78 is 26.2. The van der Waals surface area contributed by atoms with Crippen molar-refractivity contribution in [3.8, 4) is 17.1 Å². The van der Waals surface area contributed by atoms with Gasteiger partial charge >= 0.3 is 0 Å². The van der Waals surface area contributed by atoms with Crippen LogP contribution in [0.3, 0.4) is 0 Å². The Morgan fingerprint density at radius 1 is 1.11 bits per heavy atom. The lowest BCUT2D eigenvalue weighted by molar-refractivity contribution is -0.151. The number of hydrogen-bond donors (Lipinski definition) is 1. The highest BCUT2D eigenvalue weighted by atomic mass is 19.1. The molecule has 0 spiro atoms. The molecule has 1 aliphatic rings. The molecule has 9 nitrogen and oxygen atoms in total. The second-order valence-corrected chi connectivity index (χ2v) is 11.6. The summed E-state index contributed by atoms with van der Waals surface area (Å²) in [5.74, 6) is -0.401. The highest BCUT2D eigenvalue weighted by Crippen LogP contribution is 2.31. The number of benzene rings is 1. The van der Waals surface area contributed by atoms with Crippen molar-refractivity contribution in [3.63, 3.8) is 0 Å². The monoisotopic (exact) mass is 605 g/mol. The van der Waals surface area contributed by atoms with Crippen molar-refractivity contribution in [1.29, 1.82) is 0 Å². The number of ether oxygens (including phenoxy) is 2. The minimum atomic E-state index is -0.753. The fourth-order valence-electron chi connectivity index (χ4n) is 5.67. The predicted molar refractivity (Wildman–Crippen MR) is 167 cm³/mol. The van der Waals surface area contributed by atoms with Crippen LogP contribution in [0.2, 0.25) is 0 Å². The molecule has 0 unspecified atom stereocenters. The lowest BCUT2D eigenvalue weighted by atomic mass is 9.97. The standard InChI is InChI=1S/C34H44FN5O4/c1-7-44-30-10-8-9-27(38-30)26-13-11-25(12-14-26)19-37-33(41)29-21-39(20-24(5)40(29)34(42)22(2)3)28(16-18-43-6)32-31(35)23(4)15-17-36-32/h8-15,17,22,24,28-29H,7,16,18-21H2,1-6H3,(H,37,41)/t24-,28-,29-/m1/s1. The molecule has 1 N–H and O–H groups in total. The first-order valence-corrected chi connectivity index (χ1v) is 15.3. The van der Waals surface area contributed by atoms with Gasteiger partial charge in [-0.05, 0) is 50.5 Å². The summed E-state index contributed by atoms with van der Waals surface area (Å²) in [6, 6.07) is 13.7. The maximum absolute atomic E-state index is 15.3. The van der Waals surface area contributed by atoms with Gasteiger partial charge in [-0.15, -0.1) is 0 Å². The summed E-state index contributed by atoms with van der Waals surface area (Å²) in [5.41, 5.74) is 3.49. The Bertz CT molecular complexity index is 1420. The van der Waals surface area contributed by atoms with Crippen LogP contribution in [-0.4, -0.2) is 77.1 Å². The van der Waals surface area contributed by atoms with Gasteiger partial charge in [0.05, 0.1) is 24.0 Å².